The Morgan fingerprint density at radius 3 is 2.45 bits per heavy atom. The largest absolute Gasteiger partial charge is 0.350 e. The van der Waals surface area contributed by atoms with Crippen LogP contribution in [0, 0.1) is 20.8 Å². The van der Waals surface area contributed by atoms with Crippen molar-refractivity contribution < 1.29 is 13.2 Å². The van der Waals surface area contributed by atoms with Crippen LogP contribution >= 0.6 is 0 Å². The van der Waals surface area contributed by atoms with Crippen LogP contribution in [0.4, 0.5) is 0 Å². The minimum absolute atomic E-state index is 0.0470. The second kappa shape index (κ2) is 8.57. The molecule has 1 aromatic heterocycles. The molecule has 0 saturated heterocycles. The van der Waals surface area contributed by atoms with Crippen LogP contribution in [0.25, 0.3) is 0 Å². The zero-order valence-corrected chi connectivity index (χ0v) is 17.5. The maximum Gasteiger partial charge on any atom is 0.251 e. The van der Waals surface area contributed by atoms with Gasteiger partial charge in [0.05, 0.1) is 4.90 Å². The van der Waals surface area contributed by atoms with E-state index in [0.717, 1.165) is 11.1 Å². The van der Waals surface area contributed by atoms with Crippen molar-refractivity contribution in [2.75, 3.05) is 6.54 Å². The van der Waals surface area contributed by atoms with Crippen molar-refractivity contribution in [3.63, 3.8) is 0 Å². The summed E-state index contributed by atoms with van der Waals surface area (Å²) < 4.78 is 27.1. The molecule has 0 aliphatic carbocycles. The van der Waals surface area contributed by atoms with Gasteiger partial charge in [-0.3, -0.25) is 9.78 Å². The lowest BCUT2D eigenvalue weighted by molar-refractivity contribution is 0.0953. The van der Waals surface area contributed by atoms with E-state index in [2.05, 4.69) is 10.3 Å². The number of benzene rings is 2. The monoisotopic (exact) mass is 408 g/mol. The SMILES string of the molecule is Cc1ccc(C)c(S(=O)(=O)[C@H](CNC(=O)c2ccccc2C)c2cccnc2)c1. The second-order valence-corrected chi connectivity index (χ2v) is 9.21. The summed E-state index contributed by atoms with van der Waals surface area (Å²) >= 11 is 0. The summed E-state index contributed by atoms with van der Waals surface area (Å²) in [6, 6.07) is 16.0. The number of pyridine rings is 1. The molecule has 29 heavy (non-hydrogen) atoms. The number of hydrogen-bond donors (Lipinski definition) is 1. The van der Waals surface area contributed by atoms with Crippen LogP contribution in [0.2, 0.25) is 0 Å². The highest BCUT2D eigenvalue weighted by atomic mass is 32.2. The Kier molecular flexibility index (Phi) is 6.13. The second-order valence-electron chi connectivity index (χ2n) is 7.11. The van der Waals surface area contributed by atoms with Crippen molar-refractivity contribution in [2.45, 2.75) is 30.9 Å². The molecule has 2 aromatic carbocycles. The smallest absolute Gasteiger partial charge is 0.251 e. The number of sulfone groups is 1. The lowest BCUT2D eigenvalue weighted by Gasteiger charge is -2.20. The maximum absolute atomic E-state index is 13.5. The van der Waals surface area contributed by atoms with Crippen LogP contribution < -0.4 is 5.32 Å². The van der Waals surface area contributed by atoms with Gasteiger partial charge in [0, 0.05) is 24.5 Å². The quantitative estimate of drug-likeness (QED) is 0.670. The number of carbonyl (C=O) groups excluding carboxylic acids is 1. The molecule has 0 aliphatic rings. The van der Waals surface area contributed by atoms with E-state index < -0.39 is 15.1 Å². The molecule has 0 spiro atoms. The van der Waals surface area contributed by atoms with Gasteiger partial charge in [-0.15, -0.1) is 0 Å². The topological polar surface area (TPSA) is 76.1 Å². The van der Waals surface area contributed by atoms with E-state index in [4.69, 9.17) is 0 Å². The Morgan fingerprint density at radius 2 is 1.76 bits per heavy atom. The molecule has 0 aliphatic heterocycles. The third-order valence-corrected chi connectivity index (χ3v) is 7.16. The fraction of sp³-hybridized carbons (Fsp3) is 0.217. The Labute approximate surface area is 171 Å². The number of aromatic nitrogens is 1. The maximum atomic E-state index is 13.5. The highest BCUT2D eigenvalue weighted by Gasteiger charge is 2.31. The first kappa shape index (κ1) is 20.7. The van der Waals surface area contributed by atoms with Gasteiger partial charge in [0.25, 0.3) is 5.91 Å². The first-order chi connectivity index (χ1) is 13.8. The minimum Gasteiger partial charge on any atom is -0.350 e. The van der Waals surface area contributed by atoms with Crippen LogP contribution in [0.5, 0.6) is 0 Å². The van der Waals surface area contributed by atoms with E-state index in [9.17, 15) is 13.2 Å². The van der Waals surface area contributed by atoms with Gasteiger partial charge in [0.2, 0.25) is 0 Å². The highest BCUT2D eigenvalue weighted by Crippen LogP contribution is 2.30. The molecule has 1 N–H and O–H groups in total. The summed E-state index contributed by atoms with van der Waals surface area (Å²) in [5, 5.41) is 1.86. The molecule has 1 amide bonds. The number of hydrogen-bond acceptors (Lipinski definition) is 4. The first-order valence-corrected chi connectivity index (χ1v) is 10.9. The van der Waals surface area contributed by atoms with Crippen LogP contribution in [-0.2, 0) is 9.84 Å². The normalized spacial score (nSPS) is 12.4. The molecular formula is C23H24N2O3S. The molecule has 1 atom stereocenters. The molecule has 0 unspecified atom stereocenters. The summed E-state index contributed by atoms with van der Waals surface area (Å²) in [6.45, 7) is 5.44. The van der Waals surface area contributed by atoms with Gasteiger partial charge >= 0.3 is 0 Å². The van der Waals surface area contributed by atoms with Gasteiger partial charge in [-0.05, 0) is 61.2 Å². The number of amides is 1. The summed E-state index contributed by atoms with van der Waals surface area (Å²) in [5.41, 5.74) is 3.44. The molecule has 5 nitrogen and oxygen atoms in total. The molecule has 0 bridgehead atoms. The van der Waals surface area contributed by atoms with Crippen LogP contribution in [0.3, 0.4) is 0 Å². The first-order valence-electron chi connectivity index (χ1n) is 9.35. The number of rotatable bonds is 6. The third-order valence-electron chi connectivity index (χ3n) is 4.92. The predicted molar refractivity (Wildman–Crippen MR) is 114 cm³/mol. The van der Waals surface area contributed by atoms with Gasteiger partial charge in [-0.1, -0.05) is 36.4 Å². The summed E-state index contributed by atoms with van der Waals surface area (Å²) in [4.78, 5) is 17.0. The van der Waals surface area contributed by atoms with E-state index in [-0.39, 0.29) is 17.3 Å². The van der Waals surface area contributed by atoms with Gasteiger partial charge in [0.1, 0.15) is 5.25 Å². The molecule has 0 radical (unpaired) electrons. The summed E-state index contributed by atoms with van der Waals surface area (Å²) in [7, 11) is -3.75. The molecule has 0 fully saturated rings. The molecule has 150 valence electrons. The van der Waals surface area contributed by atoms with Crippen molar-refractivity contribution in [1.29, 1.82) is 0 Å². The van der Waals surface area contributed by atoms with Gasteiger partial charge < -0.3 is 5.32 Å². The van der Waals surface area contributed by atoms with Crippen LogP contribution in [-0.4, -0.2) is 25.9 Å². The van der Waals surface area contributed by atoms with Crippen LogP contribution in [0.1, 0.15) is 37.9 Å². The number of carbonyl (C=O) groups is 1. The van der Waals surface area contributed by atoms with Crippen molar-refractivity contribution >= 4 is 15.7 Å². The van der Waals surface area contributed by atoms with Gasteiger partial charge in [-0.2, -0.15) is 0 Å². The zero-order valence-electron chi connectivity index (χ0n) is 16.7. The molecule has 3 rings (SSSR count). The summed E-state index contributed by atoms with van der Waals surface area (Å²) in [5.74, 6) is -0.298. The standard InChI is InChI=1S/C23H24N2O3S/c1-16-10-11-18(3)21(13-16)29(27,28)22(19-8-6-12-24-14-19)15-25-23(26)20-9-5-4-7-17(20)2/h4-14,22H,15H2,1-3H3,(H,25,26)/t22-/m1/s1. The Hall–Kier alpha value is -2.99. The van der Waals surface area contributed by atoms with E-state index in [1.165, 1.54) is 6.20 Å². The molecule has 1 heterocycles. The number of aryl methyl sites for hydroxylation is 3. The fourth-order valence-corrected chi connectivity index (χ4v) is 5.22. The lowest BCUT2D eigenvalue weighted by atomic mass is 10.1. The average Bonchev–Trinajstić information content (AvgIpc) is 2.70. The van der Waals surface area contributed by atoms with E-state index in [1.54, 1.807) is 49.5 Å². The lowest BCUT2D eigenvalue weighted by Crippen LogP contribution is -2.32. The number of nitrogens with one attached hydrogen (secondary N) is 1. The van der Waals surface area contributed by atoms with Crippen molar-refractivity contribution in [2.24, 2.45) is 0 Å². The van der Waals surface area contributed by atoms with Crippen molar-refractivity contribution in [1.82, 2.24) is 10.3 Å². The fourth-order valence-electron chi connectivity index (χ4n) is 3.25. The highest BCUT2D eigenvalue weighted by molar-refractivity contribution is 7.91. The molecule has 6 heteroatoms. The zero-order chi connectivity index (χ0) is 21.0. The minimum atomic E-state index is -3.75. The molecule has 0 saturated carbocycles. The average molecular weight is 409 g/mol. The Balaban J connectivity index is 1.97. The predicted octanol–water partition coefficient (Wildman–Crippen LogP) is 3.95. The van der Waals surface area contributed by atoms with E-state index >= 15 is 0 Å². The van der Waals surface area contributed by atoms with E-state index in [1.807, 2.05) is 32.0 Å². The summed E-state index contributed by atoms with van der Waals surface area (Å²) in [6.07, 6.45) is 3.13. The van der Waals surface area contributed by atoms with Crippen molar-refractivity contribution in [3.8, 4) is 0 Å². The Morgan fingerprint density at radius 1 is 1.00 bits per heavy atom. The Bertz CT molecular complexity index is 1130. The van der Waals surface area contributed by atoms with Crippen molar-refractivity contribution in [3.05, 3.63) is 94.8 Å². The van der Waals surface area contributed by atoms with Crippen LogP contribution in [0.15, 0.2) is 71.9 Å². The van der Waals surface area contributed by atoms with E-state index in [0.29, 0.717) is 16.7 Å². The van der Waals surface area contributed by atoms with Gasteiger partial charge in [0.15, 0.2) is 9.84 Å². The third kappa shape index (κ3) is 4.54. The number of nitrogens with zero attached hydrogens (tertiary/aromatic N) is 1. The molecular weight excluding hydrogens is 384 g/mol. The molecule has 3 aromatic rings. The van der Waals surface area contributed by atoms with Gasteiger partial charge in [-0.25, -0.2) is 8.42 Å².